The van der Waals surface area contributed by atoms with Gasteiger partial charge in [0.2, 0.25) is 0 Å². The average Bonchev–Trinajstić information content (AvgIpc) is 2.66. The van der Waals surface area contributed by atoms with E-state index in [0.717, 1.165) is 18.1 Å². The quantitative estimate of drug-likeness (QED) is 0.425. The molecule has 6 heteroatoms. The molecule has 3 N–H and O–H groups in total. The highest BCUT2D eigenvalue weighted by Gasteiger charge is 2.06. The van der Waals surface area contributed by atoms with Crippen molar-refractivity contribution in [2.24, 2.45) is 0 Å². The van der Waals surface area contributed by atoms with Crippen molar-refractivity contribution < 1.29 is 9.18 Å². The van der Waals surface area contributed by atoms with Gasteiger partial charge >= 0.3 is 0 Å². The number of nitrogens with one attached hydrogen (secondary N) is 3. The summed E-state index contributed by atoms with van der Waals surface area (Å²) in [7, 11) is 0. The van der Waals surface area contributed by atoms with Crippen molar-refractivity contribution in [2.45, 2.75) is 13.8 Å². The number of allylic oxidation sites excluding steroid dienone is 1. The molecule has 0 spiro atoms. The molecule has 5 nitrogen and oxygen atoms in total. The van der Waals surface area contributed by atoms with E-state index in [0.29, 0.717) is 28.9 Å². The molecule has 0 fully saturated rings. The van der Waals surface area contributed by atoms with Crippen LogP contribution >= 0.6 is 0 Å². The van der Waals surface area contributed by atoms with Crippen LogP contribution in [0.4, 0.5) is 10.2 Å². The van der Waals surface area contributed by atoms with E-state index in [9.17, 15) is 9.18 Å². The minimum absolute atomic E-state index is 0.0161. The van der Waals surface area contributed by atoms with Crippen LogP contribution in [0.2, 0.25) is 0 Å². The fourth-order valence-corrected chi connectivity index (χ4v) is 2.05. The van der Waals surface area contributed by atoms with E-state index >= 15 is 0 Å². The van der Waals surface area contributed by atoms with Gasteiger partial charge in [-0.2, -0.15) is 0 Å². The first kappa shape index (κ1) is 18.9. The predicted molar refractivity (Wildman–Crippen MR) is 101 cm³/mol. The Kier molecular flexibility index (Phi) is 6.63. The number of carbonyl (C=O) groups excluding carboxylic acids is 1. The molecule has 2 aromatic rings. The lowest BCUT2D eigenvalue weighted by Crippen LogP contribution is -2.11. The van der Waals surface area contributed by atoms with Crippen LogP contribution in [0.3, 0.4) is 0 Å². The topological polar surface area (TPSA) is 77.9 Å². The number of anilines is 1. The van der Waals surface area contributed by atoms with Gasteiger partial charge in [0, 0.05) is 41.8 Å². The van der Waals surface area contributed by atoms with E-state index in [1.165, 1.54) is 12.3 Å². The maximum atomic E-state index is 14.2. The first-order valence-electron chi connectivity index (χ1n) is 8.01. The van der Waals surface area contributed by atoms with Crippen LogP contribution in [-0.4, -0.2) is 24.0 Å². The molecule has 0 saturated carbocycles. The van der Waals surface area contributed by atoms with Crippen molar-refractivity contribution in [1.29, 1.82) is 5.41 Å². The number of rotatable bonds is 6. The van der Waals surface area contributed by atoms with E-state index in [1.54, 1.807) is 18.3 Å². The molecule has 26 heavy (non-hydrogen) atoms. The number of nitrogens with zero attached hydrogens (tertiary/aromatic N) is 1. The van der Waals surface area contributed by atoms with Crippen LogP contribution in [-0.2, 0) is 0 Å². The summed E-state index contributed by atoms with van der Waals surface area (Å²) in [5.74, 6) is 5.24. The molecule has 0 amide bonds. The second kappa shape index (κ2) is 9.14. The van der Waals surface area contributed by atoms with E-state index in [1.807, 2.05) is 19.9 Å². The minimum Gasteiger partial charge on any atom is -0.389 e. The van der Waals surface area contributed by atoms with Gasteiger partial charge in [-0.15, -0.1) is 0 Å². The van der Waals surface area contributed by atoms with Crippen LogP contribution in [0.25, 0.3) is 0 Å². The Morgan fingerprint density at radius 2 is 2.15 bits per heavy atom. The number of halogens is 1. The largest absolute Gasteiger partial charge is 0.389 e. The Hall–Kier alpha value is -3.46. The SMILES string of the molecule is CCN/C=C(\C=N)Nc1ncc(C#Cc2cc(C=O)ccc2C)cc1F. The number of aromatic nitrogens is 1. The standard InChI is InChI=1S/C20H19FN4O/c1-3-23-12-18(10-22)25-20-19(21)9-15(11-24-20)6-7-17-8-16(13-26)5-4-14(17)2/h4-5,8-13,22-23H,3H2,1-2H3,(H,24,25)/b18-12+,22-10?. The second-order valence-electron chi connectivity index (χ2n) is 5.42. The number of hydrogen-bond acceptors (Lipinski definition) is 5. The summed E-state index contributed by atoms with van der Waals surface area (Å²) in [5, 5.41) is 13.0. The number of carbonyl (C=O) groups is 1. The molecule has 1 aromatic carbocycles. The molecule has 1 aromatic heterocycles. The number of aldehydes is 1. The van der Waals surface area contributed by atoms with E-state index in [-0.39, 0.29) is 5.82 Å². The molecule has 0 bridgehead atoms. The lowest BCUT2D eigenvalue weighted by atomic mass is 10.1. The van der Waals surface area contributed by atoms with Gasteiger partial charge in [-0.3, -0.25) is 4.79 Å². The van der Waals surface area contributed by atoms with Gasteiger partial charge in [0.1, 0.15) is 6.29 Å². The van der Waals surface area contributed by atoms with Gasteiger partial charge in [0.15, 0.2) is 11.6 Å². The first-order chi connectivity index (χ1) is 12.6. The predicted octanol–water partition coefficient (Wildman–Crippen LogP) is 3.25. The van der Waals surface area contributed by atoms with E-state index in [2.05, 4.69) is 27.5 Å². The third-order valence-corrected chi connectivity index (χ3v) is 3.46. The summed E-state index contributed by atoms with van der Waals surface area (Å²) < 4.78 is 14.2. The molecular weight excluding hydrogens is 331 g/mol. The van der Waals surface area contributed by atoms with Gasteiger partial charge in [-0.25, -0.2) is 9.37 Å². The lowest BCUT2D eigenvalue weighted by molar-refractivity contribution is 0.112. The van der Waals surface area contributed by atoms with Crippen molar-refractivity contribution in [1.82, 2.24) is 10.3 Å². The smallest absolute Gasteiger partial charge is 0.167 e. The minimum atomic E-state index is -0.570. The van der Waals surface area contributed by atoms with Crippen molar-refractivity contribution in [3.05, 3.63) is 70.4 Å². The fourth-order valence-electron chi connectivity index (χ4n) is 2.05. The van der Waals surface area contributed by atoms with Crippen LogP contribution in [0.15, 0.2) is 42.4 Å². The zero-order valence-electron chi connectivity index (χ0n) is 14.6. The van der Waals surface area contributed by atoms with Crippen molar-refractivity contribution in [3.8, 4) is 11.8 Å². The number of benzene rings is 1. The summed E-state index contributed by atoms with van der Waals surface area (Å²) in [4.78, 5) is 14.9. The summed E-state index contributed by atoms with van der Waals surface area (Å²) >= 11 is 0. The monoisotopic (exact) mass is 350 g/mol. The maximum absolute atomic E-state index is 14.2. The third kappa shape index (κ3) is 5.02. The number of aryl methyl sites for hydroxylation is 1. The van der Waals surface area contributed by atoms with Gasteiger partial charge in [-0.05, 0) is 31.5 Å². The third-order valence-electron chi connectivity index (χ3n) is 3.46. The maximum Gasteiger partial charge on any atom is 0.167 e. The highest BCUT2D eigenvalue weighted by Crippen LogP contribution is 2.14. The zero-order chi connectivity index (χ0) is 18.9. The Balaban J connectivity index is 2.23. The van der Waals surface area contributed by atoms with Crippen molar-refractivity contribution in [3.63, 3.8) is 0 Å². The first-order valence-corrected chi connectivity index (χ1v) is 8.01. The average molecular weight is 350 g/mol. The summed E-state index contributed by atoms with van der Waals surface area (Å²) in [6.07, 6.45) is 4.85. The Bertz CT molecular complexity index is 910. The number of pyridine rings is 1. The van der Waals surface area contributed by atoms with Crippen LogP contribution < -0.4 is 10.6 Å². The van der Waals surface area contributed by atoms with E-state index < -0.39 is 5.82 Å². The molecule has 1 heterocycles. The van der Waals surface area contributed by atoms with Crippen LogP contribution in [0.1, 0.15) is 34.0 Å². The molecule has 0 saturated heterocycles. The molecule has 132 valence electrons. The molecule has 0 radical (unpaired) electrons. The highest BCUT2D eigenvalue weighted by molar-refractivity contribution is 5.80. The van der Waals surface area contributed by atoms with E-state index in [4.69, 9.17) is 5.41 Å². The van der Waals surface area contributed by atoms with Gasteiger partial charge < -0.3 is 16.0 Å². The highest BCUT2D eigenvalue weighted by atomic mass is 19.1. The van der Waals surface area contributed by atoms with Crippen LogP contribution in [0.5, 0.6) is 0 Å². The van der Waals surface area contributed by atoms with Gasteiger partial charge in [0.25, 0.3) is 0 Å². The van der Waals surface area contributed by atoms with Gasteiger partial charge in [0.05, 0.1) is 5.70 Å². The molecule has 0 aliphatic carbocycles. The molecular formula is C20H19FN4O. The van der Waals surface area contributed by atoms with Crippen molar-refractivity contribution >= 4 is 18.3 Å². The Morgan fingerprint density at radius 1 is 1.35 bits per heavy atom. The summed E-state index contributed by atoms with van der Waals surface area (Å²) in [6, 6.07) is 6.50. The van der Waals surface area contributed by atoms with Crippen molar-refractivity contribution in [2.75, 3.05) is 11.9 Å². The fraction of sp³-hybridized carbons (Fsp3) is 0.150. The summed E-state index contributed by atoms with van der Waals surface area (Å²) in [5.41, 5.74) is 2.97. The summed E-state index contributed by atoms with van der Waals surface area (Å²) in [6.45, 7) is 4.49. The normalized spacial score (nSPS) is 10.5. The zero-order valence-corrected chi connectivity index (χ0v) is 14.6. The molecule has 0 unspecified atom stereocenters. The Labute approximate surface area is 151 Å². The van der Waals surface area contributed by atoms with Crippen LogP contribution in [0, 0.1) is 30.0 Å². The lowest BCUT2D eigenvalue weighted by Gasteiger charge is -2.07. The molecule has 0 atom stereocenters. The second-order valence-corrected chi connectivity index (χ2v) is 5.42. The molecule has 0 aliphatic rings. The molecule has 0 aliphatic heterocycles. The van der Waals surface area contributed by atoms with Gasteiger partial charge in [-0.1, -0.05) is 24.0 Å². The number of hydrogen-bond donors (Lipinski definition) is 3. The molecule has 2 rings (SSSR count). The Morgan fingerprint density at radius 3 is 2.81 bits per heavy atom.